The first-order valence-corrected chi connectivity index (χ1v) is 12.4. The van der Waals surface area contributed by atoms with E-state index in [1.165, 1.54) is 30.5 Å². The van der Waals surface area contributed by atoms with Gasteiger partial charge >= 0.3 is 0 Å². The number of nitrogen functional groups attached to an aromatic ring is 1. The summed E-state index contributed by atoms with van der Waals surface area (Å²) in [5.74, 6) is -2.18. The maximum absolute atomic E-state index is 15.0. The molecule has 6 N–H and O–H groups in total. The van der Waals surface area contributed by atoms with Crippen LogP contribution in [0.1, 0.15) is 52.8 Å². The lowest BCUT2D eigenvalue weighted by molar-refractivity contribution is -0.0153. The third kappa shape index (κ3) is 5.80. The number of anilines is 1. The van der Waals surface area contributed by atoms with Crippen LogP contribution in [0.3, 0.4) is 0 Å². The number of hydrogen-bond acceptors (Lipinski definition) is 7. The first kappa shape index (κ1) is 26.3. The number of hydrogen-bond donors (Lipinski definition) is 5. The summed E-state index contributed by atoms with van der Waals surface area (Å²) in [5.41, 5.74) is 7.20. The molecule has 1 saturated carbocycles. The highest BCUT2D eigenvalue weighted by Gasteiger charge is 2.30. The molecule has 36 heavy (non-hydrogen) atoms. The summed E-state index contributed by atoms with van der Waals surface area (Å²) in [6, 6.07) is 7.08. The molecule has 11 heteroatoms. The van der Waals surface area contributed by atoms with Crippen LogP contribution < -0.4 is 11.1 Å². The molecule has 0 bridgehead atoms. The van der Waals surface area contributed by atoms with E-state index in [2.05, 4.69) is 15.3 Å². The summed E-state index contributed by atoms with van der Waals surface area (Å²) in [4.78, 5) is 21.5. The fraction of sp³-hybridized carbons (Fsp3) is 0.320. The lowest BCUT2D eigenvalue weighted by Crippen LogP contribution is -2.33. The van der Waals surface area contributed by atoms with Crippen molar-refractivity contribution in [2.45, 2.75) is 43.4 Å². The molecule has 0 spiro atoms. The Morgan fingerprint density at radius 3 is 2.61 bits per heavy atom. The Morgan fingerprint density at radius 1 is 1.17 bits per heavy atom. The molecule has 1 aliphatic carbocycles. The Bertz CT molecular complexity index is 1260. The number of aromatic nitrogens is 2. The Hall–Kier alpha value is -2.74. The molecule has 4 atom stereocenters. The van der Waals surface area contributed by atoms with Crippen LogP contribution in [0, 0.1) is 15.2 Å². The van der Waals surface area contributed by atoms with E-state index in [0.717, 1.165) is 6.07 Å². The van der Waals surface area contributed by atoms with E-state index >= 15 is 4.39 Å². The second kappa shape index (κ2) is 11.1. The zero-order valence-electron chi connectivity index (χ0n) is 19.0. The summed E-state index contributed by atoms with van der Waals surface area (Å²) in [5, 5.41) is 32.0. The molecule has 3 aromatic rings. The number of rotatable bonds is 6. The molecular formula is C25H25F2IN4O4. The van der Waals surface area contributed by atoms with Gasteiger partial charge in [-0.05, 0) is 77.7 Å². The second-order valence-electron chi connectivity index (χ2n) is 8.78. The summed E-state index contributed by atoms with van der Waals surface area (Å²) >= 11 is 1.92. The van der Waals surface area contributed by atoms with Crippen LogP contribution in [0.15, 0.2) is 42.6 Å². The first-order valence-electron chi connectivity index (χ1n) is 11.3. The minimum absolute atomic E-state index is 0.0767. The molecule has 2 aromatic carbocycles. The quantitative estimate of drug-likeness (QED) is 0.270. The molecule has 0 radical (unpaired) electrons. The number of amides is 1. The molecule has 1 aromatic heterocycles. The van der Waals surface area contributed by atoms with E-state index in [4.69, 9.17) is 5.73 Å². The number of carbonyl (C=O) groups excluding carboxylic acids is 1. The highest BCUT2D eigenvalue weighted by atomic mass is 127. The normalized spacial score (nSPS) is 20.7. The van der Waals surface area contributed by atoms with E-state index < -0.39 is 42.4 Å². The van der Waals surface area contributed by atoms with Crippen LogP contribution in [-0.2, 0) is 0 Å². The molecule has 4 rings (SSSR count). The average molecular weight is 610 g/mol. The highest BCUT2D eigenvalue weighted by molar-refractivity contribution is 14.1. The predicted octanol–water partition coefficient (Wildman–Crippen LogP) is 3.06. The standard InChI is InChI=1S/C25H25F2IN4O4/c26-15-5-14(6-16(28)9-15)20(11-33)32-25(36)17-3-1-13(7-18(17)27)23-24(29)30-10-19(31-23)12-2-4-21(34)22(35)8-12/h1,3,5-7,9-10,12,20-22,33-35H,2,4,8,11H2,(H2,29,30)(H,32,36)/t12-,20+,21-,22-/m0/s1. The lowest BCUT2D eigenvalue weighted by Gasteiger charge is -2.29. The third-order valence-corrected chi connectivity index (χ3v) is 6.90. The fourth-order valence-electron chi connectivity index (χ4n) is 4.31. The zero-order valence-corrected chi connectivity index (χ0v) is 21.2. The summed E-state index contributed by atoms with van der Waals surface area (Å²) in [6.45, 7) is -0.503. The van der Waals surface area contributed by atoms with Gasteiger partial charge in [-0.2, -0.15) is 0 Å². The number of nitrogens with two attached hydrogens (primary N) is 1. The van der Waals surface area contributed by atoms with Gasteiger partial charge in [0.15, 0.2) is 0 Å². The smallest absolute Gasteiger partial charge is 0.254 e. The number of nitrogens with zero attached hydrogens (tertiary/aromatic N) is 2. The van der Waals surface area contributed by atoms with Gasteiger partial charge in [0.05, 0.1) is 42.3 Å². The molecule has 1 aliphatic rings. The van der Waals surface area contributed by atoms with Crippen LogP contribution in [-0.4, -0.2) is 50.0 Å². The van der Waals surface area contributed by atoms with Crippen molar-refractivity contribution in [2.24, 2.45) is 0 Å². The largest absolute Gasteiger partial charge is 0.394 e. The first-order chi connectivity index (χ1) is 17.2. The molecule has 1 heterocycles. The van der Waals surface area contributed by atoms with Crippen molar-refractivity contribution in [1.82, 2.24) is 15.3 Å². The summed E-state index contributed by atoms with van der Waals surface area (Å²) in [6.07, 6.45) is 1.23. The van der Waals surface area contributed by atoms with Crippen molar-refractivity contribution < 1.29 is 28.9 Å². The predicted molar refractivity (Wildman–Crippen MR) is 137 cm³/mol. The maximum atomic E-state index is 15.0. The van der Waals surface area contributed by atoms with E-state index in [-0.39, 0.29) is 23.0 Å². The number of nitrogens with one attached hydrogen (secondary N) is 1. The number of halogens is 3. The monoisotopic (exact) mass is 610 g/mol. The van der Waals surface area contributed by atoms with Gasteiger partial charge in [-0.15, -0.1) is 0 Å². The molecule has 8 nitrogen and oxygen atoms in total. The van der Waals surface area contributed by atoms with Crippen LogP contribution in [0.4, 0.5) is 14.6 Å². The lowest BCUT2D eigenvalue weighted by atomic mass is 9.83. The molecular weight excluding hydrogens is 585 g/mol. The van der Waals surface area contributed by atoms with Crippen molar-refractivity contribution in [1.29, 1.82) is 0 Å². The van der Waals surface area contributed by atoms with E-state index in [9.17, 15) is 24.5 Å². The van der Waals surface area contributed by atoms with Crippen LogP contribution in [0.5, 0.6) is 0 Å². The SMILES string of the molecule is Nc1ncc([C@H]2CC[C@H](O)[C@@H](O)C2)nc1-c1ccc(C(=O)N[C@H](CO)c2cc(F)cc(I)c2)c(F)c1. The van der Waals surface area contributed by atoms with Crippen molar-refractivity contribution in [2.75, 3.05) is 12.3 Å². The highest BCUT2D eigenvalue weighted by Crippen LogP contribution is 2.34. The van der Waals surface area contributed by atoms with Crippen LogP contribution in [0.2, 0.25) is 0 Å². The van der Waals surface area contributed by atoms with Gasteiger partial charge in [-0.3, -0.25) is 4.79 Å². The number of benzene rings is 2. The van der Waals surface area contributed by atoms with Gasteiger partial charge in [0, 0.05) is 15.1 Å². The van der Waals surface area contributed by atoms with Gasteiger partial charge in [-0.1, -0.05) is 6.07 Å². The summed E-state index contributed by atoms with van der Waals surface area (Å²) < 4.78 is 29.4. The molecule has 0 unspecified atom stereocenters. The third-order valence-electron chi connectivity index (χ3n) is 6.28. The summed E-state index contributed by atoms with van der Waals surface area (Å²) in [7, 11) is 0. The average Bonchev–Trinajstić information content (AvgIpc) is 2.83. The molecule has 0 saturated heterocycles. The van der Waals surface area contributed by atoms with Crippen LogP contribution in [0.25, 0.3) is 11.3 Å². The molecule has 1 amide bonds. The van der Waals surface area contributed by atoms with Crippen molar-refractivity contribution in [3.05, 3.63) is 74.6 Å². The maximum Gasteiger partial charge on any atom is 0.254 e. The topological polar surface area (TPSA) is 142 Å². The van der Waals surface area contributed by atoms with Gasteiger partial charge in [-0.25, -0.2) is 18.7 Å². The fourth-order valence-corrected chi connectivity index (χ4v) is 4.97. The molecule has 0 aliphatic heterocycles. The Morgan fingerprint density at radius 2 is 1.94 bits per heavy atom. The zero-order chi connectivity index (χ0) is 26.0. The van der Waals surface area contributed by atoms with Crippen molar-refractivity contribution >= 4 is 34.3 Å². The molecule has 1 fully saturated rings. The van der Waals surface area contributed by atoms with Gasteiger partial charge in [0.25, 0.3) is 5.91 Å². The minimum Gasteiger partial charge on any atom is -0.394 e. The van der Waals surface area contributed by atoms with Crippen molar-refractivity contribution in [3.63, 3.8) is 0 Å². The van der Waals surface area contributed by atoms with Gasteiger partial charge < -0.3 is 26.4 Å². The van der Waals surface area contributed by atoms with Crippen LogP contribution >= 0.6 is 22.6 Å². The number of aliphatic hydroxyl groups is 3. The Balaban J connectivity index is 1.56. The van der Waals surface area contributed by atoms with E-state index in [1.807, 2.05) is 22.6 Å². The number of aliphatic hydroxyl groups excluding tert-OH is 3. The Kier molecular flexibility index (Phi) is 8.13. The Labute approximate surface area is 219 Å². The van der Waals surface area contributed by atoms with Crippen molar-refractivity contribution in [3.8, 4) is 11.3 Å². The van der Waals surface area contributed by atoms with Gasteiger partial charge in [0.1, 0.15) is 23.1 Å². The van der Waals surface area contributed by atoms with Gasteiger partial charge in [0.2, 0.25) is 0 Å². The molecule has 190 valence electrons. The second-order valence-corrected chi connectivity index (χ2v) is 10.0. The van der Waals surface area contributed by atoms with E-state index in [0.29, 0.717) is 39.7 Å². The minimum atomic E-state index is -0.927. The van der Waals surface area contributed by atoms with E-state index in [1.54, 1.807) is 6.07 Å². The number of carbonyl (C=O) groups is 1.